The Hall–Kier alpha value is -1.16. The van der Waals surface area contributed by atoms with Gasteiger partial charge in [0.15, 0.2) is 0 Å². The van der Waals surface area contributed by atoms with Crippen LogP contribution in [0.3, 0.4) is 0 Å². The molecule has 0 bridgehead atoms. The zero-order valence-electron chi connectivity index (χ0n) is 15.1. The van der Waals surface area contributed by atoms with E-state index in [2.05, 4.69) is 49.1 Å². The second-order valence-electron chi connectivity index (χ2n) is 7.55. The van der Waals surface area contributed by atoms with Gasteiger partial charge in [-0.25, -0.2) is 0 Å². The second-order valence-corrected chi connectivity index (χ2v) is 7.55. The number of nitrogens with zero attached hydrogens (tertiary/aromatic N) is 1. The molecule has 0 atom stereocenters. The van der Waals surface area contributed by atoms with Gasteiger partial charge in [0.2, 0.25) is 0 Å². The molecule has 1 aromatic carbocycles. The van der Waals surface area contributed by atoms with Crippen LogP contribution in [0.5, 0.6) is 0 Å². The van der Waals surface area contributed by atoms with Gasteiger partial charge in [-0.05, 0) is 50.8 Å². The normalized spacial score (nSPS) is 24.2. The van der Waals surface area contributed by atoms with E-state index >= 15 is 0 Å². The number of benzene rings is 1. The minimum Gasteiger partial charge on any atom is -0.385 e. The molecule has 3 heteroatoms. The smallest absolute Gasteiger partial charge is 0.0940 e. The average Bonchev–Trinajstić information content (AvgIpc) is 2.82. The summed E-state index contributed by atoms with van der Waals surface area (Å²) in [5, 5.41) is 10.8. The lowest BCUT2D eigenvalue weighted by Crippen LogP contribution is -2.33. The van der Waals surface area contributed by atoms with E-state index in [9.17, 15) is 5.11 Å². The fraction of sp³-hybridized carbons (Fsp3) is 0.619. The molecule has 3 nitrogen and oxygen atoms in total. The molecule has 0 unspecified atom stereocenters. The van der Waals surface area contributed by atoms with E-state index in [-0.39, 0.29) is 0 Å². The molecule has 2 fully saturated rings. The van der Waals surface area contributed by atoms with Crippen molar-refractivity contribution in [2.75, 3.05) is 26.3 Å². The molecule has 1 N–H and O–H groups in total. The van der Waals surface area contributed by atoms with E-state index < -0.39 is 5.60 Å². The maximum atomic E-state index is 10.8. The van der Waals surface area contributed by atoms with Gasteiger partial charge in [0.05, 0.1) is 5.60 Å². The Labute approximate surface area is 146 Å². The monoisotopic (exact) mass is 329 g/mol. The third-order valence-electron chi connectivity index (χ3n) is 5.53. The predicted molar refractivity (Wildman–Crippen MR) is 98.9 cm³/mol. The van der Waals surface area contributed by atoms with Crippen molar-refractivity contribution >= 4 is 6.08 Å². The van der Waals surface area contributed by atoms with Crippen molar-refractivity contribution in [3.05, 3.63) is 41.0 Å². The number of rotatable bonds is 3. The second kappa shape index (κ2) is 7.81. The molecule has 1 aromatic rings. The number of ether oxygens (including phenoxy) is 1. The van der Waals surface area contributed by atoms with Crippen molar-refractivity contribution in [3.63, 3.8) is 0 Å². The van der Waals surface area contributed by atoms with E-state index in [1.54, 1.807) is 5.57 Å². The highest BCUT2D eigenvalue weighted by Gasteiger charge is 2.31. The lowest BCUT2D eigenvalue weighted by Gasteiger charge is -2.32. The van der Waals surface area contributed by atoms with Crippen molar-refractivity contribution in [2.24, 2.45) is 0 Å². The minimum absolute atomic E-state index is 0.642. The zero-order valence-corrected chi connectivity index (χ0v) is 15.1. The Morgan fingerprint density at radius 1 is 1.08 bits per heavy atom. The van der Waals surface area contributed by atoms with Gasteiger partial charge in [-0.15, -0.1) is 0 Å². The molecular weight excluding hydrogens is 298 g/mol. The summed E-state index contributed by atoms with van der Waals surface area (Å²) in [5.74, 6) is 0. The minimum atomic E-state index is -0.704. The summed E-state index contributed by atoms with van der Waals surface area (Å²) in [7, 11) is 0. The largest absolute Gasteiger partial charge is 0.385 e. The number of hydrogen-bond acceptors (Lipinski definition) is 3. The fourth-order valence-corrected chi connectivity index (χ4v) is 3.82. The SMILES string of the molecule is CC(C)N1CCCC(=Cc2ccc(C3(O)CCOCC3)cc2)CC1. The van der Waals surface area contributed by atoms with Crippen LogP contribution in [0.15, 0.2) is 29.8 Å². The van der Waals surface area contributed by atoms with Crippen molar-refractivity contribution < 1.29 is 9.84 Å². The first-order valence-electron chi connectivity index (χ1n) is 9.41. The van der Waals surface area contributed by atoms with Gasteiger partial charge < -0.3 is 14.7 Å². The average molecular weight is 329 g/mol. The number of aliphatic hydroxyl groups is 1. The molecule has 0 spiro atoms. The van der Waals surface area contributed by atoms with Crippen LogP contribution >= 0.6 is 0 Å². The molecule has 0 saturated carbocycles. The lowest BCUT2D eigenvalue weighted by atomic mass is 9.86. The highest BCUT2D eigenvalue weighted by atomic mass is 16.5. The molecule has 0 aliphatic carbocycles. The van der Waals surface area contributed by atoms with E-state index in [4.69, 9.17) is 4.74 Å². The molecule has 0 aromatic heterocycles. The third kappa shape index (κ3) is 4.27. The van der Waals surface area contributed by atoms with Crippen LogP contribution in [0.25, 0.3) is 6.08 Å². The van der Waals surface area contributed by atoms with Crippen molar-refractivity contribution in [3.8, 4) is 0 Å². The Bertz CT molecular complexity index is 556. The van der Waals surface area contributed by atoms with Gasteiger partial charge in [0.1, 0.15) is 0 Å². The quantitative estimate of drug-likeness (QED) is 0.911. The van der Waals surface area contributed by atoms with Crippen LogP contribution in [0.4, 0.5) is 0 Å². The van der Waals surface area contributed by atoms with Crippen LogP contribution in [0.2, 0.25) is 0 Å². The topological polar surface area (TPSA) is 32.7 Å². The molecular formula is C21H31NO2. The molecule has 24 heavy (non-hydrogen) atoms. The maximum absolute atomic E-state index is 10.8. The summed E-state index contributed by atoms with van der Waals surface area (Å²) in [6.45, 7) is 8.25. The van der Waals surface area contributed by atoms with Gasteiger partial charge in [0, 0.05) is 38.6 Å². The number of likely N-dealkylation sites (tertiary alicyclic amines) is 1. The highest BCUT2D eigenvalue weighted by Crippen LogP contribution is 2.32. The summed E-state index contributed by atoms with van der Waals surface area (Å²) < 4.78 is 5.37. The Morgan fingerprint density at radius 3 is 2.46 bits per heavy atom. The maximum Gasteiger partial charge on any atom is 0.0940 e. The fourth-order valence-electron chi connectivity index (χ4n) is 3.82. The summed E-state index contributed by atoms with van der Waals surface area (Å²) in [5.41, 5.74) is 3.13. The van der Waals surface area contributed by atoms with Gasteiger partial charge in [0.25, 0.3) is 0 Å². The van der Waals surface area contributed by atoms with Crippen molar-refractivity contribution in [2.45, 2.75) is 57.6 Å². The highest BCUT2D eigenvalue weighted by molar-refractivity contribution is 5.53. The Balaban J connectivity index is 1.67. The van der Waals surface area contributed by atoms with Crippen LogP contribution in [-0.4, -0.2) is 42.4 Å². The molecule has 2 heterocycles. The van der Waals surface area contributed by atoms with Gasteiger partial charge >= 0.3 is 0 Å². The number of hydrogen-bond donors (Lipinski definition) is 1. The molecule has 132 valence electrons. The molecule has 3 rings (SSSR count). The Kier molecular flexibility index (Phi) is 5.75. The van der Waals surface area contributed by atoms with Gasteiger partial charge in [-0.3, -0.25) is 0 Å². The summed E-state index contributed by atoms with van der Waals surface area (Å²) in [6.07, 6.45) is 7.36. The van der Waals surface area contributed by atoms with Crippen LogP contribution < -0.4 is 0 Å². The summed E-state index contributed by atoms with van der Waals surface area (Å²) in [6, 6.07) is 9.13. The van der Waals surface area contributed by atoms with Gasteiger partial charge in [-0.1, -0.05) is 35.9 Å². The molecule has 0 radical (unpaired) electrons. The summed E-state index contributed by atoms with van der Waals surface area (Å²) in [4.78, 5) is 2.57. The predicted octanol–water partition coefficient (Wildman–Crippen LogP) is 3.96. The van der Waals surface area contributed by atoms with Crippen LogP contribution in [0.1, 0.15) is 57.1 Å². The van der Waals surface area contributed by atoms with Crippen molar-refractivity contribution in [1.82, 2.24) is 4.90 Å². The first-order chi connectivity index (χ1) is 11.6. The molecule has 0 amide bonds. The first kappa shape index (κ1) is 17.7. The van der Waals surface area contributed by atoms with E-state index in [0.717, 1.165) is 5.56 Å². The van der Waals surface area contributed by atoms with Gasteiger partial charge in [-0.2, -0.15) is 0 Å². The first-order valence-corrected chi connectivity index (χ1v) is 9.41. The lowest BCUT2D eigenvalue weighted by molar-refractivity contribution is -0.0679. The van der Waals surface area contributed by atoms with E-state index in [1.165, 1.54) is 37.9 Å². The molecule has 2 aliphatic heterocycles. The van der Waals surface area contributed by atoms with E-state index in [0.29, 0.717) is 32.1 Å². The van der Waals surface area contributed by atoms with Crippen LogP contribution in [-0.2, 0) is 10.3 Å². The Morgan fingerprint density at radius 2 is 1.79 bits per heavy atom. The standard InChI is InChI=1S/C21H31NO2/c1-17(2)22-12-3-4-18(9-13-22)16-19-5-7-20(8-6-19)21(23)10-14-24-15-11-21/h5-8,16-17,23H,3-4,9-15H2,1-2H3. The molecule has 2 saturated heterocycles. The van der Waals surface area contributed by atoms with Crippen LogP contribution in [0, 0.1) is 0 Å². The summed E-state index contributed by atoms with van der Waals surface area (Å²) >= 11 is 0. The van der Waals surface area contributed by atoms with Crippen molar-refractivity contribution in [1.29, 1.82) is 0 Å². The third-order valence-corrected chi connectivity index (χ3v) is 5.53. The van der Waals surface area contributed by atoms with E-state index in [1.807, 2.05) is 0 Å². The molecule has 2 aliphatic rings. The zero-order chi connectivity index (χ0) is 17.0.